The molecular weight excluding hydrogens is 373 g/mol. The van der Waals surface area contributed by atoms with Crippen LogP contribution in [0.2, 0.25) is 0 Å². The van der Waals surface area contributed by atoms with Crippen molar-refractivity contribution in [2.75, 3.05) is 39.5 Å². The monoisotopic (exact) mass is 391 g/mol. The third-order valence-electron chi connectivity index (χ3n) is 2.68. The first-order valence-electron chi connectivity index (χ1n) is 6.01. The van der Waals surface area contributed by atoms with E-state index in [1.807, 2.05) is 41.6 Å². The lowest BCUT2D eigenvalue weighted by molar-refractivity contribution is 0.0698. The zero-order valence-corrected chi connectivity index (χ0v) is 13.8. The summed E-state index contributed by atoms with van der Waals surface area (Å²) in [5.74, 6) is -1.06. The van der Waals surface area contributed by atoms with E-state index in [0.717, 1.165) is 10.1 Å². The Morgan fingerprint density at radius 1 is 1.25 bits per heavy atom. The fraction of sp³-hybridized carbons (Fsp3) is 0.385. The topological polar surface area (TPSA) is 72.9 Å². The standard InChI is InChI=1S/C13H18IN3O3/c1-16(2)6-7-17(3)13(20)15-11-5-4-9(14)8-10(11)12(18)19/h4-5,8H,6-7H2,1-3H3,(H,15,20)(H,18,19). The zero-order chi connectivity index (χ0) is 15.3. The van der Waals surface area contributed by atoms with Gasteiger partial charge in [0.2, 0.25) is 0 Å². The van der Waals surface area contributed by atoms with E-state index in [1.54, 1.807) is 19.2 Å². The fourth-order valence-corrected chi connectivity index (χ4v) is 1.96. The summed E-state index contributed by atoms with van der Waals surface area (Å²) in [6.07, 6.45) is 0. The van der Waals surface area contributed by atoms with Crippen LogP contribution < -0.4 is 5.32 Å². The Kier molecular flexibility index (Phi) is 6.21. The molecule has 0 saturated heterocycles. The van der Waals surface area contributed by atoms with Crippen LogP contribution in [0.3, 0.4) is 0 Å². The van der Waals surface area contributed by atoms with E-state index in [-0.39, 0.29) is 11.6 Å². The summed E-state index contributed by atoms with van der Waals surface area (Å²) < 4.78 is 0.805. The van der Waals surface area contributed by atoms with Gasteiger partial charge >= 0.3 is 12.0 Å². The molecule has 0 aliphatic rings. The van der Waals surface area contributed by atoms with Crippen molar-refractivity contribution in [3.63, 3.8) is 0 Å². The van der Waals surface area contributed by atoms with Gasteiger partial charge in [0.25, 0.3) is 0 Å². The summed E-state index contributed by atoms with van der Waals surface area (Å²) in [7, 11) is 5.52. The van der Waals surface area contributed by atoms with Gasteiger partial charge in [-0.25, -0.2) is 9.59 Å². The van der Waals surface area contributed by atoms with Crippen molar-refractivity contribution < 1.29 is 14.7 Å². The average molecular weight is 391 g/mol. The molecule has 2 amide bonds. The number of carbonyl (C=O) groups is 2. The number of hydrogen-bond donors (Lipinski definition) is 2. The van der Waals surface area contributed by atoms with Crippen molar-refractivity contribution >= 4 is 40.3 Å². The molecular formula is C13H18IN3O3. The Bertz CT molecular complexity index is 506. The van der Waals surface area contributed by atoms with E-state index < -0.39 is 5.97 Å². The van der Waals surface area contributed by atoms with Gasteiger partial charge in [-0.05, 0) is 54.9 Å². The molecule has 0 aliphatic heterocycles. The molecule has 1 aromatic rings. The molecule has 110 valence electrons. The minimum absolute atomic E-state index is 0.0891. The normalized spacial score (nSPS) is 10.4. The smallest absolute Gasteiger partial charge is 0.337 e. The molecule has 0 aromatic heterocycles. The Hall–Kier alpha value is -1.35. The molecule has 0 spiro atoms. The highest BCUT2D eigenvalue weighted by atomic mass is 127. The number of likely N-dealkylation sites (N-methyl/N-ethyl adjacent to an activating group) is 2. The number of anilines is 1. The molecule has 7 heteroatoms. The van der Waals surface area contributed by atoms with Crippen LogP contribution in [0.5, 0.6) is 0 Å². The lowest BCUT2D eigenvalue weighted by Gasteiger charge is -2.20. The van der Waals surface area contributed by atoms with Crippen molar-refractivity contribution in [3.05, 3.63) is 27.3 Å². The number of hydrogen-bond acceptors (Lipinski definition) is 3. The quantitative estimate of drug-likeness (QED) is 0.754. The van der Waals surface area contributed by atoms with Gasteiger partial charge in [0.15, 0.2) is 0 Å². The first kappa shape index (κ1) is 16.7. The molecule has 20 heavy (non-hydrogen) atoms. The highest BCUT2D eigenvalue weighted by Gasteiger charge is 2.15. The van der Waals surface area contributed by atoms with Crippen molar-refractivity contribution in [2.45, 2.75) is 0 Å². The Balaban J connectivity index is 2.77. The molecule has 0 atom stereocenters. The largest absolute Gasteiger partial charge is 0.478 e. The van der Waals surface area contributed by atoms with Crippen LogP contribution >= 0.6 is 22.6 Å². The molecule has 0 saturated carbocycles. The average Bonchev–Trinajstić information content (AvgIpc) is 2.37. The van der Waals surface area contributed by atoms with Crippen molar-refractivity contribution in [3.8, 4) is 0 Å². The SMILES string of the molecule is CN(C)CCN(C)C(=O)Nc1ccc(I)cc1C(=O)O. The highest BCUT2D eigenvalue weighted by molar-refractivity contribution is 14.1. The van der Waals surface area contributed by atoms with Gasteiger partial charge in [-0.2, -0.15) is 0 Å². The van der Waals surface area contributed by atoms with Crippen molar-refractivity contribution in [2.24, 2.45) is 0 Å². The van der Waals surface area contributed by atoms with Crippen LogP contribution in [0.25, 0.3) is 0 Å². The molecule has 0 bridgehead atoms. The second kappa shape index (κ2) is 7.44. The van der Waals surface area contributed by atoms with Crippen molar-refractivity contribution in [1.82, 2.24) is 9.80 Å². The van der Waals surface area contributed by atoms with Crippen LogP contribution in [0.4, 0.5) is 10.5 Å². The van der Waals surface area contributed by atoms with Gasteiger partial charge in [0, 0.05) is 23.7 Å². The molecule has 6 nitrogen and oxygen atoms in total. The summed E-state index contributed by atoms with van der Waals surface area (Å²) >= 11 is 2.03. The van der Waals surface area contributed by atoms with E-state index in [1.165, 1.54) is 11.0 Å². The van der Waals surface area contributed by atoms with Gasteiger partial charge in [-0.3, -0.25) is 0 Å². The number of nitrogens with one attached hydrogen (secondary N) is 1. The van der Waals surface area contributed by atoms with Crippen molar-refractivity contribution in [1.29, 1.82) is 0 Å². The molecule has 0 fully saturated rings. The van der Waals surface area contributed by atoms with Crippen LogP contribution in [-0.2, 0) is 0 Å². The predicted molar refractivity (Wildman–Crippen MR) is 86.3 cm³/mol. The van der Waals surface area contributed by atoms with Gasteiger partial charge in [-0.15, -0.1) is 0 Å². The number of carboxylic acids is 1. The second-order valence-electron chi connectivity index (χ2n) is 4.65. The van der Waals surface area contributed by atoms with E-state index in [0.29, 0.717) is 12.2 Å². The van der Waals surface area contributed by atoms with E-state index >= 15 is 0 Å². The molecule has 2 N–H and O–H groups in total. The molecule has 0 aliphatic carbocycles. The number of nitrogens with zero attached hydrogens (tertiary/aromatic N) is 2. The maximum Gasteiger partial charge on any atom is 0.337 e. The lowest BCUT2D eigenvalue weighted by Crippen LogP contribution is -2.36. The first-order chi connectivity index (χ1) is 9.31. The maximum absolute atomic E-state index is 12.0. The number of carboxylic acid groups (broad SMARTS) is 1. The second-order valence-corrected chi connectivity index (χ2v) is 5.90. The molecule has 0 radical (unpaired) electrons. The lowest BCUT2D eigenvalue weighted by atomic mass is 10.2. The summed E-state index contributed by atoms with van der Waals surface area (Å²) in [4.78, 5) is 26.6. The third kappa shape index (κ3) is 4.97. The van der Waals surface area contributed by atoms with E-state index in [9.17, 15) is 9.59 Å². The minimum atomic E-state index is -1.06. The third-order valence-corrected chi connectivity index (χ3v) is 3.35. The van der Waals surface area contributed by atoms with Crippen LogP contribution in [-0.4, -0.2) is 61.1 Å². The molecule has 1 aromatic carbocycles. The number of carbonyl (C=O) groups excluding carboxylic acids is 1. The summed E-state index contributed by atoms with van der Waals surface area (Å²) in [6, 6.07) is 4.56. The summed E-state index contributed by atoms with van der Waals surface area (Å²) in [6.45, 7) is 1.30. The minimum Gasteiger partial charge on any atom is -0.478 e. The maximum atomic E-state index is 12.0. The number of halogens is 1. The fourth-order valence-electron chi connectivity index (χ4n) is 1.46. The number of amides is 2. The Morgan fingerprint density at radius 2 is 1.90 bits per heavy atom. The van der Waals surface area contributed by atoms with Gasteiger partial charge < -0.3 is 20.2 Å². The van der Waals surface area contributed by atoms with Crippen LogP contribution in [0.1, 0.15) is 10.4 Å². The number of urea groups is 1. The van der Waals surface area contributed by atoms with Crippen LogP contribution in [0, 0.1) is 3.57 Å². The van der Waals surface area contributed by atoms with Gasteiger partial charge in [0.1, 0.15) is 0 Å². The van der Waals surface area contributed by atoms with Gasteiger partial charge in [0.05, 0.1) is 11.3 Å². The Morgan fingerprint density at radius 3 is 2.45 bits per heavy atom. The zero-order valence-electron chi connectivity index (χ0n) is 11.7. The number of rotatable bonds is 5. The molecule has 1 rings (SSSR count). The predicted octanol–water partition coefficient (Wildman–Crippen LogP) is 2.01. The Labute approximate surface area is 131 Å². The van der Waals surface area contributed by atoms with E-state index in [2.05, 4.69) is 5.32 Å². The highest BCUT2D eigenvalue weighted by Crippen LogP contribution is 2.19. The first-order valence-corrected chi connectivity index (χ1v) is 7.09. The van der Waals surface area contributed by atoms with E-state index in [4.69, 9.17) is 5.11 Å². The summed E-state index contributed by atoms with van der Waals surface area (Å²) in [5.41, 5.74) is 0.394. The molecule has 0 unspecified atom stereocenters. The van der Waals surface area contributed by atoms with Crippen LogP contribution in [0.15, 0.2) is 18.2 Å². The molecule has 0 heterocycles. The number of benzene rings is 1. The number of aromatic carboxylic acids is 1. The van der Waals surface area contributed by atoms with Gasteiger partial charge in [-0.1, -0.05) is 0 Å². The summed E-state index contributed by atoms with van der Waals surface area (Å²) in [5, 5.41) is 11.8.